The van der Waals surface area contributed by atoms with Crippen LogP contribution in [-0.2, 0) is 27.2 Å². The number of carbonyl (C=O) groups is 1. The molecule has 112 valence electrons. The van der Waals surface area contributed by atoms with Crippen molar-refractivity contribution < 1.29 is 27.2 Å². The van der Waals surface area contributed by atoms with Crippen LogP contribution in [0, 0.1) is 0 Å². The van der Waals surface area contributed by atoms with Crippen LogP contribution in [0.1, 0.15) is 34.1 Å². The molecule has 0 spiro atoms. The first-order valence-corrected chi connectivity index (χ1v) is 8.13. The summed E-state index contributed by atoms with van der Waals surface area (Å²) in [7, 11) is -3.27. The summed E-state index contributed by atoms with van der Waals surface area (Å²) in [5.41, 5.74) is 0. The van der Waals surface area contributed by atoms with Gasteiger partial charge in [-0.3, -0.25) is 0 Å². The number of esters is 1. The normalized spacial score (nSPS) is 13.1. The molecular formula is C12H24O6Si. The zero-order chi connectivity index (χ0) is 14.7. The van der Waals surface area contributed by atoms with Gasteiger partial charge in [0, 0.05) is 32.3 Å². The molecule has 0 rings (SSSR count). The van der Waals surface area contributed by atoms with Crippen molar-refractivity contribution in [3.05, 3.63) is 12.7 Å². The van der Waals surface area contributed by atoms with Crippen molar-refractivity contribution in [2.45, 2.75) is 40.4 Å². The highest BCUT2D eigenvalue weighted by atomic mass is 28.4. The van der Waals surface area contributed by atoms with Crippen LogP contribution in [0.25, 0.3) is 0 Å². The van der Waals surface area contributed by atoms with E-state index in [-0.39, 0.29) is 0 Å². The summed E-state index contributed by atoms with van der Waals surface area (Å²) >= 11 is 0. The third-order valence-electron chi connectivity index (χ3n) is 1.99. The van der Waals surface area contributed by atoms with Gasteiger partial charge >= 0.3 is 15.0 Å². The lowest BCUT2D eigenvalue weighted by Gasteiger charge is -2.30. The molecule has 1 atom stereocenters. The predicted molar refractivity (Wildman–Crippen MR) is 72.1 cm³/mol. The molecule has 0 bridgehead atoms. The number of hydrogen-bond acceptors (Lipinski definition) is 6. The van der Waals surface area contributed by atoms with Crippen LogP contribution in [0.2, 0.25) is 0 Å². The topological polar surface area (TPSA) is 63.2 Å². The van der Waals surface area contributed by atoms with Crippen LogP contribution < -0.4 is 0 Å². The molecule has 6 nitrogen and oxygen atoms in total. The van der Waals surface area contributed by atoms with Gasteiger partial charge in [0.2, 0.25) is 0 Å². The zero-order valence-corrected chi connectivity index (χ0v) is 13.1. The summed E-state index contributed by atoms with van der Waals surface area (Å²) in [5.74, 6) is -0.556. The Balaban J connectivity index is 4.81. The van der Waals surface area contributed by atoms with Crippen LogP contribution in [0.4, 0.5) is 0 Å². The first-order chi connectivity index (χ1) is 9.07. The van der Waals surface area contributed by atoms with Gasteiger partial charge in [0.25, 0.3) is 0 Å². The maximum atomic E-state index is 11.2. The van der Waals surface area contributed by atoms with Gasteiger partial charge in [-0.05, 0) is 20.8 Å². The monoisotopic (exact) mass is 292 g/mol. The molecule has 0 fully saturated rings. The molecule has 0 amide bonds. The first kappa shape index (κ1) is 18.3. The molecule has 0 aromatic carbocycles. The Hall–Kier alpha value is -0.733. The van der Waals surface area contributed by atoms with Crippen molar-refractivity contribution in [1.29, 1.82) is 0 Å². The van der Waals surface area contributed by atoms with Crippen molar-refractivity contribution in [3.8, 4) is 0 Å². The molecule has 0 aliphatic rings. The molecule has 0 radical (unpaired) electrons. The van der Waals surface area contributed by atoms with Crippen LogP contribution in [0.5, 0.6) is 0 Å². The largest absolute Gasteiger partial charge is 0.682 e. The number of hydrogen-bond donors (Lipinski definition) is 0. The number of ether oxygens (including phenoxy) is 1. The highest BCUT2D eigenvalue weighted by Gasteiger charge is 2.47. The molecule has 7 heteroatoms. The van der Waals surface area contributed by atoms with E-state index in [2.05, 4.69) is 6.58 Å². The molecule has 0 aliphatic carbocycles. The minimum absolute atomic E-state index is 0.387. The fourth-order valence-corrected chi connectivity index (χ4v) is 3.34. The van der Waals surface area contributed by atoms with Gasteiger partial charge in [-0.1, -0.05) is 13.5 Å². The van der Waals surface area contributed by atoms with Gasteiger partial charge in [-0.25, -0.2) is 4.79 Å². The Morgan fingerprint density at radius 2 is 1.58 bits per heavy atom. The maximum absolute atomic E-state index is 11.2. The van der Waals surface area contributed by atoms with Gasteiger partial charge in [-0.2, -0.15) is 0 Å². The standard InChI is InChI=1S/C12H24O6Si/c1-6-11(13)17-12(7-2)18-19(14-8-3,15-9-4)16-10-5/h6,12H,1,7-10H2,2-5H3. The molecule has 19 heavy (non-hydrogen) atoms. The van der Waals surface area contributed by atoms with Gasteiger partial charge in [0.1, 0.15) is 0 Å². The minimum Gasteiger partial charge on any atom is -0.433 e. The molecular weight excluding hydrogens is 268 g/mol. The van der Waals surface area contributed by atoms with Gasteiger partial charge in [-0.15, -0.1) is 0 Å². The molecule has 0 aromatic rings. The Bertz CT molecular complexity index is 254. The van der Waals surface area contributed by atoms with Crippen molar-refractivity contribution in [3.63, 3.8) is 0 Å². The lowest BCUT2D eigenvalue weighted by molar-refractivity contribution is -0.173. The quantitative estimate of drug-likeness (QED) is 0.251. The summed E-state index contributed by atoms with van der Waals surface area (Å²) < 4.78 is 27.3. The predicted octanol–water partition coefficient (Wildman–Crippen LogP) is 2.01. The summed E-state index contributed by atoms with van der Waals surface area (Å²) in [4.78, 5) is 11.2. The number of rotatable bonds is 11. The lowest BCUT2D eigenvalue weighted by Crippen LogP contribution is -2.52. The molecule has 0 heterocycles. The van der Waals surface area contributed by atoms with Crippen molar-refractivity contribution >= 4 is 15.0 Å². The highest BCUT2D eigenvalue weighted by molar-refractivity contribution is 6.53. The van der Waals surface area contributed by atoms with E-state index in [1.54, 1.807) is 0 Å². The fourth-order valence-electron chi connectivity index (χ4n) is 1.29. The second kappa shape index (κ2) is 10.1. The van der Waals surface area contributed by atoms with E-state index in [1.165, 1.54) is 0 Å². The van der Waals surface area contributed by atoms with Crippen LogP contribution in [0.15, 0.2) is 12.7 Å². The average molecular weight is 292 g/mol. The SMILES string of the molecule is C=CC(=O)OC(CC)O[Si](OCC)(OCC)OCC. The van der Waals surface area contributed by atoms with Crippen molar-refractivity contribution in [2.75, 3.05) is 19.8 Å². The minimum atomic E-state index is -3.27. The van der Waals surface area contributed by atoms with Crippen molar-refractivity contribution in [1.82, 2.24) is 0 Å². The summed E-state index contributed by atoms with van der Waals surface area (Å²) in [6, 6.07) is 0. The molecule has 0 saturated carbocycles. The molecule has 0 saturated heterocycles. The smallest absolute Gasteiger partial charge is 0.433 e. The van der Waals surface area contributed by atoms with Crippen LogP contribution in [0.3, 0.4) is 0 Å². The van der Waals surface area contributed by atoms with Gasteiger partial charge < -0.3 is 22.4 Å². The van der Waals surface area contributed by atoms with E-state index in [9.17, 15) is 4.79 Å². The third kappa shape index (κ3) is 6.83. The van der Waals surface area contributed by atoms with Gasteiger partial charge in [0.05, 0.1) is 0 Å². The van der Waals surface area contributed by atoms with Crippen LogP contribution in [-0.4, -0.2) is 41.1 Å². The molecule has 1 unspecified atom stereocenters. The van der Waals surface area contributed by atoms with E-state index < -0.39 is 21.3 Å². The molecule has 0 aliphatic heterocycles. The average Bonchev–Trinajstić information content (AvgIpc) is 2.38. The van der Waals surface area contributed by atoms with E-state index in [0.29, 0.717) is 26.2 Å². The first-order valence-electron chi connectivity index (χ1n) is 6.50. The summed E-state index contributed by atoms with van der Waals surface area (Å²) in [6.07, 6.45) is 0.764. The Labute approximate surface area is 116 Å². The molecule has 0 N–H and O–H groups in total. The van der Waals surface area contributed by atoms with E-state index in [0.717, 1.165) is 6.08 Å². The Morgan fingerprint density at radius 1 is 1.11 bits per heavy atom. The zero-order valence-electron chi connectivity index (χ0n) is 12.1. The second-order valence-electron chi connectivity index (χ2n) is 3.40. The van der Waals surface area contributed by atoms with Crippen LogP contribution >= 0.6 is 0 Å². The summed E-state index contributed by atoms with van der Waals surface area (Å²) in [5, 5.41) is 0. The molecule has 0 aromatic heterocycles. The Morgan fingerprint density at radius 3 is 1.89 bits per heavy atom. The highest BCUT2D eigenvalue weighted by Crippen LogP contribution is 2.17. The van der Waals surface area contributed by atoms with E-state index >= 15 is 0 Å². The Kier molecular flexibility index (Phi) is 9.71. The third-order valence-corrected chi connectivity index (χ3v) is 4.46. The maximum Gasteiger partial charge on any atom is 0.682 e. The second-order valence-corrected chi connectivity index (χ2v) is 5.50. The summed E-state index contributed by atoms with van der Waals surface area (Å²) in [6.45, 7) is 11.8. The number of carbonyl (C=O) groups excluding carboxylic acids is 1. The lowest BCUT2D eigenvalue weighted by atomic mass is 10.5. The van der Waals surface area contributed by atoms with E-state index in [4.69, 9.17) is 22.4 Å². The van der Waals surface area contributed by atoms with Gasteiger partial charge in [0.15, 0.2) is 6.29 Å². The van der Waals surface area contributed by atoms with Crippen molar-refractivity contribution in [2.24, 2.45) is 0 Å². The van der Waals surface area contributed by atoms with E-state index in [1.807, 2.05) is 27.7 Å². The fraction of sp³-hybridized carbons (Fsp3) is 0.750.